The van der Waals surface area contributed by atoms with Crippen LogP contribution in [0.5, 0.6) is 0 Å². The molecule has 0 aliphatic heterocycles. The summed E-state index contributed by atoms with van der Waals surface area (Å²) in [6, 6.07) is 1.03. The smallest absolute Gasteiger partial charge is 0.196 e. The van der Waals surface area contributed by atoms with E-state index in [0.717, 1.165) is 25.3 Å². The van der Waals surface area contributed by atoms with Crippen molar-refractivity contribution in [3.63, 3.8) is 0 Å². The minimum atomic E-state index is -1.59. The van der Waals surface area contributed by atoms with E-state index in [-0.39, 0.29) is 16.0 Å². The Morgan fingerprint density at radius 1 is 1.06 bits per heavy atom. The molecule has 0 saturated heterocycles. The molecule has 1 saturated carbocycles. The van der Waals surface area contributed by atoms with Crippen LogP contribution in [0, 0.1) is 23.4 Å². The molecule has 0 bridgehead atoms. The van der Waals surface area contributed by atoms with Crippen molar-refractivity contribution in [3.8, 4) is 0 Å². The van der Waals surface area contributed by atoms with Crippen molar-refractivity contribution in [2.45, 2.75) is 32.1 Å². The highest BCUT2D eigenvalue weighted by Crippen LogP contribution is 2.30. The number of hydrogen-bond donors (Lipinski definition) is 0. The summed E-state index contributed by atoms with van der Waals surface area (Å²) < 4.78 is 39.7. The van der Waals surface area contributed by atoms with Gasteiger partial charge in [0.25, 0.3) is 0 Å². The van der Waals surface area contributed by atoms with Gasteiger partial charge in [-0.15, -0.1) is 0 Å². The summed E-state index contributed by atoms with van der Waals surface area (Å²) in [5.74, 6) is -4.97. The average molecular weight is 321 g/mol. The van der Waals surface area contributed by atoms with E-state index in [1.165, 1.54) is 0 Å². The molecule has 0 N–H and O–H groups in total. The Bertz CT molecular complexity index is 482. The second-order valence-electron chi connectivity index (χ2n) is 4.55. The molecule has 0 aromatic heterocycles. The van der Waals surface area contributed by atoms with E-state index < -0.39 is 23.2 Å². The van der Waals surface area contributed by atoms with Gasteiger partial charge in [0, 0.05) is 5.92 Å². The lowest BCUT2D eigenvalue weighted by atomic mass is 9.84. The third-order valence-electron chi connectivity index (χ3n) is 3.34. The van der Waals surface area contributed by atoms with Crippen molar-refractivity contribution in [1.82, 2.24) is 0 Å². The Balaban J connectivity index is 2.35. The lowest BCUT2D eigenvalue weighted by Gasteiger charge is -2.20. The number of Topliss-reactive ketones (excluding diaryl/α,β-unsaturated/α-hetero) is 1. The molecule has 0 unspecified atom stereocenters. The van der Waals surface area contributed by atoms with Gasteiger partial charge in [0.2, 0.25) is 0 Å². The van der Waals surface area contributed by atoms with Crippen LogP contribution in [0.1, 0.15) is 42.5 Å². The number of carbonyl (C=O) groups is 1. The van der Waals surface area contributed by atoms with Gasteiger partial charge in [-0.3, -0.25) is 4.79 Å². The second-order valence-corrected chi connectivity index (χ2v) is 5.40. The Kier molecular flexibility index (Phi) is 4.10. The third-order valence-corrected chi connectivity index (χ3v) is 3.92. The van der Waals surface area contributed by atoms with Gasteiger partial charge in [0.15, 0.2) is 23.2 Å². The van der Waals surface area contributed by atoms with Gasteiger partial charge in [-0.25, -0.2) is 13.2 Å². The average Bonchev–Trinajstić information content (AvgIpc) is 2.41. The Hall–Kier alpha value is -0.840. The quantitative estimate of drug-likeness (QED) is 0.441. The highest BCUT2D eigenvalue weighted by Gasteiger charge is 2.28. The summed E-state index contributed by atoms with van der Waals surface area (Å²) in [6.45, 7) is 0. The van der Waals surface area contributed by atoms with E-state index in [1.807, 2.05) is 0 Å². The molecular formula is C13H12BrF3O. The van der Waals surface area contributed by atoms with Crippen LogP contribution in [-0.4, -0.2) is 5.78 Å². The number of carbonyl (C=O) groups excluding carboxylic acids is 1. The first kappa shape index (κ1) is 13.6. The number of halogens is 4. The van der Waals surface area contributed by atoms with Crippen molar-refractivity contribution in [2.24, 2.45) is 5.92 Å². The summed E-state index contributed by atoms with van der Waals surface area (Å²) in [7, 11) is 0. The molecule has 0 radical (unpaired) electrons. The Morgan fingerprint density at radius 3 is 2.28 bits per heavy atom. The number of hydrogen-bond acceptors (Lipinski definition) is 1. The Labute approximate surface area is 112 Å². The van der Waals surface area contributed by atoms with Crippen LogP contribution in [0.4, 0.5) is 13.2 Å². The maximum Gasteiger partial charge on any atom is 0.196 e. The fourth-order valence-corrected chi connectivity index (χ4v) is 2.74. The molecule has 1 nitrogen and oxygen atoms in total. The van der Waals surface area contributed by atoms with Crippen LogP contribution in [0.15, 0.2) is 10.5 Å². The van der Waals surface area contributed by atoms with Crippen LogP contribution in [0.25, 0.3) is 0 Å². The van der Waals surface area contributed by atoms with Crippen LogP contribution >= 0.6 is 15.9 Å². The molecule has 2 rings (SSSR count). The van der Waals surface area contributed by atoms with Gasteiger partial charge in [-0.2, -0.15) is 0 Å². The molecule has 0 spiro atoms. The van der Waals surface area contributed by atoms with Crippen LogP contribution < -0.4 is 0 Å². The summed E-state index contributed by atoms with van der Waals surface area (Å²) in [5, 5.41) is 0. The van der Waals surface area contributed by atoms with E-state index in [9.17, 15) is 18.0 Å². The zero-order valence-corrected chi connectivity index (χ0v) is 11.2. The molecule has 98 valence electrons. The summed E-state index contributed by atoms with van der Waals surface area (Å²) in [6.07, 6.45) is 4.28. The van der Waals surface area contributed by atoms with E-state index in [2.05, 4.69) is 15.9 Å². The predicted octanol–water partition coefficient (Wildman–Crippen LogP) is 4.63. The van der Waals surface area contributed by atoms with Crippen molar-refractivity contribution >= 4 is 21.7 Å². The molecule has 5 heteroatoms. The van der Waals surface area contributed by atoms with Gasteiger partial charge < -0.3 is 0 Å². The fraction of sp³-hybridized carbons (Fsp3) is 0.462. The standard InChI is InChI=1S/C13H12BrF3O/c14-9-6-8(10(15)12(17)11(9)16)13(18)7-4-2-1-3-5-7/h6-7H,1-5H2. The maximum absolute atomic E-state index is 13.6. The van der Waals surface area contributed by atoms with E-state index in [0.29, 0.717) is 12.8 Å². The summed E-state index contributed by atoms with van der Waals surface area (Å²) in [4.78, 5) is 12.1. The van der Waals surface area contributed by atoms with Crippen LogP contribution in [-0.2, 0) is 0 Å². The van der Waals surface area contributed by atoms with Crippen molar-refractivity contribution in [3.05, 3.63) is 33.6 Å². The largest absolute Gasteiger partial charge is 0.294 e. The minimum absolute atomic E-state index is 0.222. The van der Waals surface area contributed by atoms with Crippen molar-refractivity contribution in [1.29, 1.82) is 0 Å². The molecule has 1 aromatic rings. The van der Waals surface area contributed by atoms with E-state index in [1.54, 1.807) is 0 Å². The number of rotatable bonds is 2. The van der Waals surface area contributed by atoms with E-state index in [4.69, 9.17) is 0 Å². The lowest BCUT2D eigenvalue weighted by molar-refractivity contribution is 0.0884. The lowest BCUT2D eigenvalue weighted by Crippen LogP contribution is -2.20. The number of benzene rings is 1. The fourth-order valence-electron chi connectivity index (χ4n) is 2.34. The first-order valence-corrected chi connectivity index (χ1v) is 6.69. The van der Waals surface area contributed by atoms with Crippen molar-refractivity contribution < 1.29 is 18.0 Å². The molecule has 0 amide bonds. The molecule has 0 heterocycles. The van der Waals surface area contributed by atoms with Gasteiger partial charge in [0.05, 0.1) is 10.0 Å². The minimum Gasteiger partial charge on any atom is -0.294 e. The predicted molar refractivity (Wildman–Crippen MR) is 64.9 cm³/mol. The van der Waals surface area contributed by atoms with Crippen LogP contribution in [0.3, 0.4) is 0 Å². The SMILES string of the molecule is O=C(c1cc(Br)c(F)c(F)c1F)C1CCCCC1. The first-order chi connectivity index (χ1) is 8.52. The van der Waals surface area contributed by atoms with Crippen LogP contribution in [0.2, 0.25) is 0 Å². The third kappa shape index (κ3) is 2.46. The zero-order chi connectivity index (χ0) is 13.3. The molecule has 1 aliphatic rings. The summed E-state index contributed by atoms with van der Waals surface area (Å²) in [5.41, 5.74) is -0.354. The highest BCUT2D eigenvalue weighted by molar-refractivity contribution is 9.10. The van der Waals surface area contributed by atoms with Gasteiger partial charge in [0.1, 0.15) is 0 Å². The molecule has 1 aliphatic carbocycles. The van der Waals surface area contributed by atoms with E-state index >= 15 is 0 Å². The van der Waals surface area contributed by atoms with Crippen molar-refractivity contribution in [2.75, 3.05) is 0 Å². The summed E-state index contributed by atoms with van der Waals surface area (Å²) >= 11 is 2.79. The molecular weight excluding hydrogens is 309 g/mol. The normalized spacial score (nSPS) is 16.9. The van der Waals surface area contributed by atoms with Gasteiger partial charge >= 0.3 is 0 Å². The number of ketones is 1. The van der Waals surface area contributed by atoms with Gasteiger partial charge in [-0.05, 0) is 34.8 Å². The van der Waals surface area contributed by atoms with Gasteiger partial charge in [-0.1, -0.05) is 19.3 Å². The second kappa shape index (κ2) is 5.43. The molecule has 0 atom stereocenters. The highest BCUT2D eigenvalue weighted by atomic mass is 79.9. The first-order valence-electron chi connectivity index (χ1n) is 5.89. The molecule has 1 fully saturated rings. The Morgan fingerprint density at radius 2 is 1.67 bits per heavy atom. The monoisotopic (exact) mass is 320 g/mol. The zero-order valence-electron chi connectivity index (χ0n) is 9.61. The maximum atomic E-state index is 13.6. The molecule has 18 heavy (non-hydrogen) atoms. The molecule has 1 aromatic carbocycles. The topological polar surface area (TPSA) is 17.1 Å².